The minimum absolute atomic E-state index is 0.420. The highest BCUT2D eigenvalue weighted by atomic mass is 16.3. The summed E-state index contributed by atoms with van der Waals surface area (Å²) in [4.78, 5) is 0. The minimum atomic E-state index is -0.658. The van der Waals surface area contributed by atoms with E-state index in [-0.39, 0.29) is 0 Å². The molecule has 0 aromatic rings. The van der Waals surface area contributed by atoms with E-state index in [0.717, 1.165) is 19.4 Å². The van der Waals surface area contributed by atoms with E-state index >= 15 is 0 Å². The lowest BCUT2D eigenvalue weighted by Crippen LogP contribution is -2.37. The van der Waals surface area contributed by atoms with Gasteiger partial charge in [0.1, 0.15) is 0 Å². The van der Waals surface area contributed by atoms with Crippen molar-refractivity contribution in [3.05, 3.63) is 0 Å². The van der Waals surface area contributed by atoms with Crippen LogP contribution in [-0.4, -0.2) is 35.0 Å². The van der Waals surface area contributed by atoms with E-state index in [4.69, 9.17) is 0 Å². The van der Waals surface area contributed by atoms with Crippen LogP contribution in [0.2, 0.25) is 0 Å². The van der Waals surface area contributed by atoms with Gasteiger partial charge in [0.25, 0.3) is 0 Å². The van der Waals surface area contributed by atoms with Crippen LogP contribution < -0.4 is 5.32 Å². The van der Waals surface area contributed by atoms with Crippen molar-refractivity contribution in [2.45, 2.75) is 44.8 Å². The third-order valence-electron chi connectivity index (χ3n) is 2.74. The monoisotopic (exact) mass is 187 g/mol. The molecule has 2 atom stereocenters. The molecule has 0 unspecified atom stereocenters. The lowest BCUT2D eigenvalue weighted by molar-refractivity contribution is -0.0128. The predicted octanol–water partition coefficient (Wildman–Crippen LogP) is 0.508. The topological polar surface area (TPSA) is 52.5 Å². The molecule has 1 rings (SSSR count). The molecule has 0 amide bonds. The highest BCUT2D eigenvalue weighted by molar-refractivity contribution is 4.92. The van der Waals surface area contributed by atoms with Gasteiger partial charge in [0.05, 0.1) is 11.7 Å². The Labute approximate surface area is 80.2 Å². The molecular weight excluding hydrogens is 166 g/mol. The number of likely N-dealkylation sites (N-methyl/N-ethyl adjacent to an activating group) is 1. The molecule has 0 aromatic heterocycles. The average Bonchev–Trinajstić information content (AvgIpc) is 2.81. The van der Waals surface area contributed by atoms with Crippen LogP contribution in [-0.2, 0) is 0 Å². The molecule has 0 spiro atoms. The van der Waals surface area contributed by atoms with E-state index in [1.54, 1.807) is 0 Å². The van der Waals surface area contributed by atoms with Gasteiger partial charge in [-0.3, -0.25) is 0 Å². The van der Waals surface area contributed by atoms with Gasteiger partial charge in [-0.05, 0) is 32.2 Å². The maximum atomic E-state index is 9.94. The number of aliphatic hydroxyl groups excluding tert-OH is 1. The fourth-order valence-electron chi connectivity index (χ4n) is 1.73. The number of hydrogen-bond acceptors (Lipinski definition) is 3. The molecule has 3 heteroatoms. The Bertz CT molecular complexity index is 155. The summed E-state index contributed by atoms with van der Waals surface area (Å²) in [7, 11) is 0. The Morgan fingerprint density at radius 3 is 2.62 bits per heavy atom. The summed E-state index contributed by atoms with van der Waals surface area (Å²) in [5.41, 5.74) is -0.658. The molecule has 13 heavy (non-hydrogen) atoms. The zero-order valence-electron chi connectivity index (χ0n) is 8.58. The summed E-state index contributed by atoms with van der Waals surface area (Å²) in [6.45, 7) is 5.29. The Morgan fingerprint density at radius 1 is 1.54 bits per heavy atom. The van der Waals surface area contributed by atoms with Crippen molar-refractivity contribution in [2.75, 3.05) is 13.1 Å². The molecule has 1 aliphatic carbocycles. The standard InChI is InChI=1S/C10H21NO2/c1-3-11-7-9(12)6-10(2,13)8-4-5-8/h8-9,11-13H,3-7H2,1-2H3/t9-,10+/m1/s1. The maximum absolute atomic E-state index is 9.94. The molecule has 0 saturated heterocycles. The first kappa shape index (κ1) is 11.0. The molecule has 0 radical (unpaired) electrons. The highest BCUT2D eigenvalue weighted by Gasteiger charge is 2.40. The van der Waals surface area contributed by atoms with Crippen molar-refractivity contribution in [3.8, 4) is 0 Å². The highest BCUT2D eigenvalue weighted by Crippen LogP contribution is 2.41. The Morgan fingerprint density at radius 2 is 2.15 bits per heavy atom. The number of hydrogen-bond donors (Lipinski definition) is 3. The summed E-state index contributed by atoms with van der Waals surface area (Å²) < 4.78 is 0. The van der Waals surface area contributed by atoms with Crippen molar-refractivity contribution < 1.29 is 10.2 Å². The predicted molar refractivity (Wildman–Crippen MR) is 52.5 cm³/mol. The van der Waals surface area contributed by atoms with Gasteiger partial charge in [0.15, 0.2) is 0 Å². The zero-order valence-corrected chi connectivity index (χ0v) is 8.58. The van der Waals surface area contributed by atoms with Crippen molar-refractivity contribution in [3.63, 3.8) is 0 Å². The second-order valence-electron chi connectivity index (χ2n) is 4.30. The van der Waals surface area contributed by atoms with Crippen LogP contribution in [0.25, 0.3) is 0 Å². The number of rotatable bonds is 6. The average molecular weight is 187 g/mol. The number of aliphatic hydroxyl groups is 2. The van der Waals surface area contributed by atoms with Crippen LogP contribution in [0.5, 0.6) is 0 Å². The fraction of sp³-hybridized carbons (Fsp3) is 1.00. The molecule has 0 bridgehead atoms. The minimum Gasteiger partial charge on any atom is -0.392 e. The quantitative estimate of drug-likeness (QED) is 0.568. The maximum Gasteiger partial charge on any atom is 0.0691 e. The molecule has 0 aromatic carbocycles. The summed E-state index contributed by atoms with van der Waals surface area (Å²) in [6, 6.07) is 0. The van der Waals surface area contributed by atoms with Gasteiger partial charge in [0.2, 0.25) is 0 Å². The molecule has 1 aliphatic rings. The smallest absolute Gasteiger partial charge is 0.0691 e. The normalized spacial score (nSPS) is 24.0. The van der Waals surface area contributed by atoms with Crippen molar-refractivity contribution in [2.24, 2.45) is 5.92 Å². The summed E-state index contributed by atoms with van der Waals surface area (Å²) in [5.74, 6) is 0.420. The summed E-state index contributed by atoms with van der Waals surface area (Å²) in [5, 5.41) is 22.6. The first-order valence-corrected chi connectivity index (χ1v) is 5.17. The first-order valence-electron chi connectivity index (χ1n) is 5.17. The van der Waals surface area contributed by atoms with Crippen LogP contribution in [0.15, 0.2) is 0 Å². The Balaban J connectivity index is 2.21. The molecule has 1 saturated carbocycles. The zero-order chi connectivity index (χ0) is 9.90. The van der Waals surface area contributed by atoms with Gasteiger partial charge in [0, 0.05) is 13.0 Å². The van der Waals surface area contributed by atoms with Crippen LogP contribution in [0, 0.1) is 5.92 Å². The van der Waals surface area contributed by atoms with E-state index < -0.39 is 11.7 Å². The molecular formula is C10H21NO2. The summed E-state index contributed by atoms with van der Waals surface area (Å²) in [6.07, 6.45) is 2.29. The van der Waals surface area contributed by atoms with E-state index in [9.17, 15) is 10.2 Å². The molecule has 1 fully saturated rings. The van der Waals surface area contributed by atoms with Crippen LogP contribution in [0.1, 0.15) is 33.1 Å². The Hall–Kier alpha value is -0.120. The largest absolute Gasteiger partial charge is 0.392 e. The second-order valence-corrected chi connectivity index (χ2v) is 4.30. The van der Waals surface area contributed by atoms with E-state index in [2.05, 4.69) is 5.32 Å². The lowest BCUT2D eigenvalue weighted by atomic mass is 9.93. The van der Waals surface area contributed by atoms with Crippen molar-refractivity contribution >= 4 is 0 Å². The fourth-order valence-corrected chi connectivity index (χ4v) is 1.73. The molecule has 0 aliphatic heterocycles. The van der Waals surface area contributed by atoms with Gasteiger partial charge < -0.3 is 15.5 Å². The van der Waals surface area contributed by atoms with Gasteiger partial charge in [-0.2, -0.15) is 0 Å². The molecule has 3 N–H and O–H groups in total. The number of nitrogens with one attached hydrogen (secondary N) is 1. The molecule has 78 valence electrons. The van der Waals surface area contributed by atoms with Gasteiger partial charge in [-0.1, -0.05) is 6.92 Å². The van der Waals surface area contributed by atoms with E-state index in [1.165, 1.54) is 0 Å². The third-order valence-corrected chi connectivity index (χ3v) is 2.74. The van der Waals surface area contributed by atoms with Gasteiger partial charge >= 0.3 is 0 Å². The molecule has 0 heterocycles. The van der Waals surface area contributed by atoms with Crippen molar-refractivity contribution in [1.29, 1.82) is 0 Å². The van der Waals surface area contributed by atoms with Gasteiger partial charge in [-0.15, -0.1) is 0 Å². The van der Waals surface area contributed by atoms with Crippen LogP contribution in [0.4, 0.5) is 0 Å². The third kappa shape index (κ3) is 3.63. The van der Waals surface area contributed by atoms with Gasteiger partial charge in [-0.25, -0.2) is 0 Å². The summed E-state index contributed by atoms with van der Waals surface area (Å²) >= 11 is 0. The second kappa shape index (κ2) is 4.40. The van der Waals surface area contributed by atoms with Crippen LogP contribution >= 0.6 is 0 Å². The molecule has 3 nitrogen and oxygen atoms in total. The SMILES string of the molecule is CCNC[C@H](O)C[C@](C)(O)C1CC1. The van der Waals surface area contributed by atoms with Crippen LogP contribution in [0.3, 0.4) is 0 Å². The first-order chi connectivity index (χ1) is 6.06. The van der Waals surface area contributed by atoms with E-state index in [1.807, 2.05) is 13.8 Å². The lowest BCUT2D eigenvalue weighted by Gasteiger charge is -2.26. The Kier molecular flexibility index (Phi) is 3.71. The van der Waals surface area contributed by atoms with Crippen molar-refractivity contribution in [1.82, 2.24) is 5.32 Å². The van der Waals surface area contributed by atoms with E-state index in [0.29, 0.717) is 18.9 Å².